The largest absolute Gasteiger partial charge is 0.327 e. The molecule has 2 atom stereocenters. The molecule has 0 amide bonds. The van der Waals surface area contributed by atoms with Crippen LogP contribution in [0.15, 0.2) is 24.5 Å². The zero-order valence-corrected chi connectivity index (χ0v) is 12.5. The summed E-state index contributed by atoms with van der Waals surface area (Å²) in [6, 6.07) is 4.61. The molecular formula is C18H26N2. The lowest BCUT2D eigenvalue weighted by Crippen LogP contribution is -2.56. The minimum atomic E-state index is 0.318. The number of hydrogen-bond donors (Lipinski definition) is 1. The van der Waals surface area contributed by atoms with Gasteiger partial charge >= 0.3 is 0 Å². The Morgan fingerprint density at radius 3 is 2.05 bits per heavy atom. The second kappa shape index (κ2) is 4.56. The molecular weight excluding hydrogens is 244 g/mol. The van der Waals surface area contributed by atoms with E-state index in [1.165, 1.54) is 44.1 Å². The van der Waals surface area contributed by atoms with Crippen LogP contribution in [0.25, 0.3) is 0 Å². The van der Waals surface area contributed by atoms with Gasteiger partial charge in [-0.2, -0.15) is 0 Å². The van der Waals surface area contributed by atoms with Crippen LogP contribution < -0.4 is 5.73 Å². The Morgan fingerprint density at radius 1 is 1.05 bits per heavy atom. The first-order valence-electron chi connectivity index (χ1n) is 8.32. The van der Waals surface area contributed by atoms with E-state index in [0.717, 1.165) is 17.8 Å². The van der Waals surface area contributed by atoms with Gasteiger partial charge in [0.2, 0.25) is 0 Å². The zero-order chi connectivity index (χ0) is 13.7. The van der Waals surface area contributed by atoms with Gasteiger partial charge in [0.15, 0.2) is 0 Å². The third-order valence-corrected chi connectivity index (χ3v) is 6.56. The second-order valence-electron chi connectivity index (χ2n) is 7.87. The molecule has 1 aromatic rings. The first-order valence-corrected chi connectivity index (χ1v) is 8.32. The Kier molecular flexibility index (Phi) is 2.92. The Hall–Kier alpha value is -0.890. The normalized spacial score (nSPS) is 41.6. The molecule has 0 aromatic carbocycles. The standard InChI is InChI=1S/C18H26N2/c1-12(16-2-4-20-5-3-16)17(19)18-9-13-6-14(10-18)8-15(7-13)11-18/h2-5,12-15,17H,6-11,19H2,1H3. The average Bonchev–Trinajstić information content (AvgIpc) is 2.45. The molecule has 20 heavy (non-hydrogen) atoms. The van der Waals surface area contributed by atoms with Gasteiger partial charge in [-0.25, -0.2) is 0 Å². The van der Waals surface area contributed by atoms with Crippen LogP contribution in [0.1, 0.15) is 56.9 Å². The number of aromatic nitrogens is 1. The van der Waals surface area contributed by atoms with Crippen molar-refractivity contribution in [2.75, 3.05) is 0 Å². The predicted octanol–water partition coefficient (Wildman–Crippen LogP) is 3.73. The Bertz CT molecular complexity index is 446. The summed E-state index contributed by atoms with van der Waals surface area (Å²) in [6.45, 7) is 2.32. The highest BCUT2D eigenvalue weighted by molar-refractivity contribution is 5.20. The van der Waals surface area contributed by atoms with Gasteiger partial charge in [0.05, 0.1) is 0 Å². The van der Waals surface area contributed by atoms with Crippen molar-refractivity contribution >= 4 is 0 Å². The third-order valence-electron chi connectivity index (χ3n) is 6.56. The molecule has 0 saturated heterocycles. The van der Waals surface area contributed by atoms with E-state index in [1.807, 2.05) is 12.4 Å². The fourth-order valence-corrected chi connectivity index (χ4v) is 5.99. The van der Waals surface area contributed by atoms with E-state index in [4.69, 9.17) is 5.73 Å². The number of nitrogens with two attached hydrogens (primary N) is 1. The van der Waals surface area contributed by atoms with Crippen LogP contribution in [0.3, 0.4) is 0 Å². The maximum Gasteiger partial charge on any atom is 0.0270 e. The summed E-state index contributed by atoms with van der Waals surface area (Å²) < 4.78 is 0. The van der Waals surface area contributed by atoms with Gasteiger partial charge in [-0.15, -0.1) is 0 Å². The van der Waals surface area contributed by atoms with Crippen molar-refractivity contribution in [3.8, 4) is 0 Å². The van der Waals surface area contributed by atoms with Gasteiger partial charge in [-0.1, -0.05) is 6.92 Å². The SMILES string of the molecule is CC(c1ccncc1)C(N)C12CC3CC(CC(C3)C1)C2. The molecule has 4 aliphatic carbocycles. The summed E-state index contributed by atoms with van der Waals surface area (Å²) in [7, 11) is 0. The molecule has 2 N–H and O–H groups in total. The zero-order valence-electron chi connectivity index (χ0n) is 12.5. The molecule has 4 fully saturated rings. The van der Waals surface area contributed by atoms with Crippen LogP contribution in [0.4, 0.5) is 0 Å². The summed E-state index contributed by atoms with van der Waals surface area (Å²) in [5.41, 5.74) is 8.63. The third kappa shape index (κ3) is 1.92. The molecule has 0 aliphatic heterocycles. The minimum absolute atomic E-state index is 0.318. The van der Waals surface area contributed by atoms with Crippen LogP contribution in [0, 0.1) is 23.2 Å². The lowest BCUT2D eigenvalue weighted by molar-refractivity contribution is -0.0704. The fourth-order valence-electron chi connectivity index (χ4n) is 5.99. The van der Waals surface area contributed by atoms with Crippen LogP contribution in [-0.2, 0) is 0 Å². The highest BCUT2D eigenvalue weighted by Gasteiger charge is 2.54. The monoisotopic (exact) mass is 270 g/mol. The first kappa shape index (κ1) is 12.8. The Labute approximate surface area is 122 Å². The molecule has 5 rings (SSSR count). The van der Waals surface area contributed by atoms with Gasteiger partial charge < -0.3 is 5.73 Å². The Balaban J connectivity index is 1.60. The molecule has 4 aliphatic rings. The molecule has 4 saturated carbocycles. The van der Waals surface area contributed by atoms with Crippen molar-refractivity contribution in [2.24, 2.45) is 28.9 Å². The molecule has 108 valence electrons. The van der Waals surface area contributed by atoms with Gasteiger partial charge in [0, 0.05) is 18.4 Å². The lowest BCUT2D eigenvalue weighted by Gasteiger charge is -2.59. The van der Waals surface area contributed by atoms with Crippen molar-refractivity contribution in [3.05, 3.63) is 30.1 Å². The quantitative estimate of drug-likeness (QED) is 0.909. The topological polar surface area (TPSA) is 38.9 Å². The van der Waals surface area contributed by atoms with Gasteiger partial charge in [0.25, 0.3) is 0 Å². The molecule has 1 aromatic heterocycles. The van der Waals surface area contributed by atoms with E-state index in [9.17, 15) is 0 Å². The first-order chi connectivity index (χ1) is 9.66. The molecule has 0 radical (unpaired) electrons. The van der Waals surface area contributed by atoms with Crippen molar-refractivity contribution in [2.45, 2.75) is 57.4 Å². The summed E-state index contributed by atoms with van der Waals surface area (Å²) >= 11 is 0. The second-order valence-corrected chi connectivity index (χ2v) is 7.87. The van der Waals surface area contributed by atoms with Crippen molar-refractivity contribution in [1.82, 2.24) is 4.98 Å². The molecule has 1 heterocycles. The van der Waals surface area contributed by atoms with Crippen molar-refractivity contribution < 1.29 is 0 Å². The van der Waals surface area contributed by atoms with Gasteiger partial charge in [-0.3, -0.25) is 4.98 Å². The minimum Gasteiger partial charge on any atom is -0.327 e. The number of nitrogens with zero attached hydrogens (tertiary/aromatic N) is 1. The predicted molar refractivity (Wildman–Crippen MR) is 81.2 cm³/mol. The lowest BCUT2D eigenvalue weighted by atomic mass is 9.46. The molecule has 4 bridgehead atoms. The van der Waals surface area contributed by atoms with E-state index in [-0.39, 0.29) is 0 Å². The summed E-state index contributed by atoms with van der Waals surface area (Å²) in [5.74, 6) is 3.40. The van der Waals surface area contributed by atoms with E-state index in [0.29, 0.717) is 17.4 Å². The number of pyridine rings is 1. The average molecular weight is 270 g/mol. The maximum absolute atomic E-state index is 6.83. The van der Waals surface area contributed by atoms with Gasteiger partial charge in [-0.05, 0) is 85.3 Å². The fraction of sp³-hybridized carbons (Fsp3) is 0.722. The van der Waals surface area contributed by atoms with Crippen molar-refractivity contribution in [3.63, 3.8) is 0 Å². The molecule has 2 heteroatoms. The van der Waals surface area contributed by atoms with Crippen LogP contribution in [0.2, 0.25) is 0 Å². The van der Waals surface area contributed by atoms with Crippen LogP contribution >= 0.6 is 0 Å². The van der Waals surface area contributed by atoms with E-state index in [1.54, 1.807) is 0 Å². The maximum atomic E-state index is 6.83. The molecule has 2 nitrogen and oxygen atoms in total. The van der Waals surface area contributed by atoms with Crippen molar-refractivity contribution in [1.29, 1.82) is 0 Å². The van der Waals surface area contributed by atoms with Crippen LogP contribution in [0.5, 0.6) is 0 Å². The summed E-state index contributed by atoms with van der Waals surface area (Å²) in [6.07, 6.45) is 12.5. The van der Waals surface area contributed by atoms with Crippen LogP contribution in [-0.4, -0.2) is 11.0 Å². The van der Waals surface area contributed by atoms with Gasteiger partial charge in [0.1, 0.15) is 0 Å². The highest BCUT2D eigenvalue weighted by atomic mass is 14.8. The van der Waals surface area contributed by atoms with E-state index < -0.39 is 0 Å². The summed E-state index contributed by atoms with van der Waals surface area (Å²) in [4.78, 5) is 4.14. The van der Waals surface area contributed by atoms with E-state index >= 15 is 0 Å². The number of rotatable bonds is 3. The molecule has 2 unspecified atom stereocenters. The van der Waals surface area contributed by atoms with E-state index in [2.05, 4.69) is 24.0 Å². The smallest absolute Gasteiger partial charge is 0.0270 e. The Morgan fingerprint density at radius 2 is 1.55 bits per heavy atom. The highest BCUT2D eigenvalue weighted by Crippen LogP contribution is 2.62. The summed E-state index contributed by atoms with van der Waals surface area (Å²) in [5, 5.41) is 0. The molecule has 0 spiro atoms. The number of hydrogen-bond acceptors (Lipinski definition) is 2.